The van der Waals surface area contributed by atoms with Crippen LogP contribution in [-0.4, -0.2) is 47.2 Å². The van der Waals surface area contributed by atoms with E-state index in [9.17, 15) is 4.79 Å². The van der Waals surface area contributed by atoms with E-state index in [1.54, 1.807) is 12.4 Å². The molecule has 2 saturated heterocycles. The minimum atomic E-state index is -0.149. The van der Waals surface area contributed by atoms with Gasteiger partial charge in [-0.05, 0) is 48.9 Å². The lowest BCUT2D eigenvalue weighted by atomic mass is 10.0. The number of aromatic nitrogens is 1. The van der Waals surface area contributed by atoms with E-state index in [0.717, 1.165) is 35.6 Å². The average molecular weight is 344 g/mol. The Hall–Kier alpha value is -1.92. The fourth-order valence-electron chi connectivity index (χ4n) is 3.56. The lowest BCUT2D eigenvalue weighted by Crippen LogP contribution is -2.44. The molecule has 2 aromatic heterocycles. The largest absolute Gasteiger partial charge is 0.484 e. The van der Waals surface area contributed by atoms with Gasteiger partial charge < -0.3 is 14.4 Å². The number of nitrogens with zero attached hydrogens (tertiary/aromatic N) is 2. The van der Waals surface area contributed by atoms with Crippen molar-refractivity contribution in [1.29, 1.82) is 0 Å². The maximum atomic E-state index is 13.0. The van der Waals surface area contributed by atoms with Crippen molar-refractivity contribution in [3.8, 4) is 5.75 Å². The molecule has 4 heterocycles. The topological polar surface area (TPSA) is 51.7 Å². The third-order valence-corrected chi connectivity index (χ3v) is 5.72. The van der Waals surface area contributed by atoms with Gasteiger partial charge in [0.2, 0.25) is 0 Å². The molecule has 3 atom stereocenters. The number of carbonyl (C=O) groups excluding carboxylic acids is 1. The molecule has 0 aliphatic carbocycles. The summed E-state index contributed by atoms with van der Waals surface area (Å²) in [4.78, 5) is 19.9. The van der Waals surface area contributed by atoms with E-state index in [2.05, 4.69) is 4.98 Å². The zero-order valence-electron chi connectivity index (χ0n) is 13.6. The molecule has 0 bridgehead atoms. The Bertz CT molecular complexity index is 718. The molecular formula is C18H20N2O3S. The van der Waals surface area contributed by atoms with E-state index < -0.39 is 0 Å². The van der Waals surface area contributed by atoms with E-state index in [-0.39, 0.29) is 24.2 Å². The third-order valence-electron chi connectivity index (χ3n) is 4.72. The predicted molar refractivity (Wildman–Crippen MR) is 91.5 cm³/mol. The highest BCUT2D eigenvalue weighted by Gasteiger charge is 2.47. The minimum absolute atomic E-state index is 0.0665. The molecule has 5 nitrogen and oxygen atoms in total. The SMILES string of the molecule is Cc1ccsc1C(=O)N1C[C@@H](Oc2cccnc2)[C@H]2OCCC[C@H]21. The van der Waals surface area contributed by atoms with Crippen LogP contribution in [0, 0.1) is 6.92 Å². The van der Waals surface area contributed by atoms with E-state index in [1.807, 2.05) is 35.4 Å². The van der Waals surface area contributed by atoms with Gasteiger partial charge in [0.25, 0.3) is 5.91 Å². The van der Waals surface area contributed by atoms with Crippen molar-refractivity contribution in [2.75, 3.05) is 13.2 Å². The van der Waals surface area contributed by atoms with Crippen molar-refractivity contribution < 1.29 is 14.3 Å². The van der Waals surface area contributed by atoms with Crippen molar-refractivity contribution in [1.82, 2.24) is 9.88 Å². The number of amides is 1. The molecule has 0 radical (unpaired) electrons. The van der Waals surface area contributed by atoms with Crippen LogP contribution in [0.15, 0.2) is 36.0 Å². The standard InChI is InChI=1S/C18H20N2O3S/c1-12-6-9-24-17(12)18(21)20-11-15(16-14(20)5-3-8-22-16)23-13-4-2-7-19-10-13/h2,4,6-7,9-10,14-16H,3,5,8,11H2,1H3/t14-,15-,16+/m1/s1. The number of rotatable bonds is 3. The van der Waals surface area contributed by atoms with E-state index in [1.165, 1.54) is 11.3 Å². The summed E-state index contributed by atoms with van der Waals surface area (Å²) >= 11 is 1.51. The molecule has 2 aliphatic heterocycles. The Balaban J connectivity index is 1.57. The molecule has 2 fully saturated rings. The second-order valence-corrected chi connectivity index (χ2v) is 7.20. The molecule has 0 saturated carbocycles. The van der Waals surface area contributed by atoms with Crippen molar-refractivity contribution >= 4 is 17.2 Å². The zero-order chi connectivity index (χ0) is 16.5. The number of pyridine rings is 1. The molecule has 0 aromatic carbocycles. The summed E-state index contributed by atoms with van der Waals surface area (Å²) in [5.41, 5.74) is 1.04. The highest BCUT2D eigenvalue weighted by atomic mass is 32.1. The predicted octanol–water partition coefficient (Wildman–Crippen LogP) is 2.90. The molecular weight excluding hydrogens is 324 g/mol. The fourth-order valence-corrected chi connectivity index (χ4v) is 4.44. The van der Waals surface area contributed by atoms with Crippen LogP contribution in [0.2, 0.25) is 0 Å². The summed E-state index contributed by atoms with van der Waals surface area (Å²) in [7, 11) is 0. The minimum Gasteiger partial charge on any atom is -0.484 e. The van der Waals surface area contributed by atoms with Crippen LogP contribution < -0.4 is 4.74 Å². The first kappa shape index (κ1) is 15.6. The Kier molecular flexibility index (Phi) is 4.24. The van der Waals surface area contributed by atoms with Gasteiger partial charge in [-0.25, -0.2) is 0 Å². The maximum absolute atomic E-state index is 13.0. The maximum Gasteiger partial charge on any atom is 0.264 e. The summed E-state index contributed by atoms with van der Waals surface area (Å²) in [5, 5.41) is 1.97. The lowest BCUT2D eigenvalue weighted by Gasteiger charge is -2.32. The Morgan fingerprint density at radius 3 is 3.12 bits per heavy atom. The second kappa shape index (κ2) is 6.53. The zero-order valence-corrected chi connectivity index (χ0v) is 14.4. The van der Waals surface area contributed by atoms with Gasteiger partial charge in [-0.15, -0.1) is 11.3 Å². The van der Waals surface area contributed by atoms with Crippen molar-refractivity contribution in [3.05, 3.63) is 46.4 Å². The van der Waals surface area contributed by atoms with Gasteiger partial charge in [0.15, 0.2) is 0 Å². The van der Waals surface area contributed by atoms with Crippen LogP contribution in [0.1, 0.15) is 28.1 Å². The summed E-state index contributed by atoms with van der Waals surface area (Å²) in [6.07, 6.45) is 5.15. The smallest absolute Gasteiger partial charge is 0.264 e. The average Bonchev–Trinajstić information content (AvgIpc) is 3.20. The molecule has 0 unspecified atom stereocenters. The van der Waals surface area contributed by atoms with E-state index in [4.69, 9.17) is 9.47 Å². The molecule has 126 valence electrons. The summed E-state index contributed by atoms with van der Waals surface area (Å²) in [6, 6.07) is 5.82. The van der Waals surface area contributed by atoms with Crippen LogP contribution in [0.5, 0.6) is 5.75 Å². The first-order valence-corrected chi connectivity index (χ1v) is 9.15. The first-order valence-electron chi connectivity index (χ1n) is 8.27. The van der Waals surface area contributed by atoms with Gasteiger partial charge in [0.1, 0.15) is 18.0 Å². The highest BCUT2D eigenvalue weighted by molar-refractivity contribution is 7.12. The van der Waals surface area contributed by atoms with Crippen LogP contribution in [0.25, 0.3) is 0 Å². The van der Waals surface area contributed by atoms with Crippen LogP contribution in [0.3, 0.4) is 0 Å². The first-order chi connectivity index (χ1) is 11.7. The van der Waals surface area contributed by atoms with Gasteiger partial charge in [-0.2, -0.15) is 0 Å². The van der Waals surface area contributed by atoms with Gasteiger partial charge in [-0.3, -0.25) is 9.78 Å². The number of ether oxygens (including phenoxy) is 2. The molecule has 4 rings (SSSR count). The quantitative estimate of drug-likeness (QED) is 0.859. The van der Waals surface area contributed by atoms with Crippen molar-refractivity contribution in [3.63, 3.8) is 0 Å². The summed E-state index contributed by atoms with van der Waals surface area (Å²) in [6.45, 7) is 3.27. The lowest BCUT2D eigenvalue weighted by molar-refractivity contribution is -0.0447. The number of carbonyl (C=O) groups is 1. The van der Waals surface area contributed by atoms with E-state index in [0.29, 0.717) is 6.54 Å². The van der Waals surface area contributed by atoms with Gasteiger partial charge in [-0.1, -0.05) is 0 Å². The number of thiophene rings is 1. The molecule has 1 amide bonds. The third kappa shape index (κ3) is 2.80. The van der Waals surface area contributed by atoms with Crippen LogP contribution in [0.4, 0.5) is 0 Å². The molecule has 0 spiro atoms. The van der Waals surface area contributed by atoms with Crippen LogP contribution in [-0.2, 0) is 4.74 Å². The molecule has 24 heavy (non-hydrogen) atoms. The van der Waals surface area contributed by atoms with Crippen molar-refractivity contribution in [2.45, 2.75) is 38.0 Å². The monoisotopic (exact) mass is 344 g/mol. The van der Waals surface area contributed by atoms with E-state index >= 15 is 0 Å². The Labute approximate surface area is 145 Å². The number of aryl methyl sites for hydroxylation is 1. The Morgan fingerprint density at radius 1 is 1.46 bits per heavy atom. The molecule has 6 heteroatoms. The molecule has 0 N–H and O–H groups in total. The molecule has 2 aromatic rings. The number of likely N-dealkylation sites (tertiary alicyclic amines) is 1. The van der Waals surface area contributed by atoms with Gasteiger partial charge in [0, 0.05) is 12.8 Å². The fraction of sp³-hybridized carbons (Fsp3) is 0.444. The number of fused-ring (bicyclic) bond motifs is 1. The molecule has 2 aliphatic rings. The highest BCUT2D eigenvalue weighted by Crippen LogP contribution is 2.33. The van der Waals surface area contributed by atoms with Gasteiger partial charge in [0.05, 0.1) is 23.7 Å². The number of hydrogen-bond donors (Lipinski definition) is 0. The summed E-state index contributed by atoms with van der Waals surface area (Å²) in [5.74, 6) is 0.817. The summed E-state index contributed by atoms with van der Waals surface area (Å²) < 4.78 is 12.1. The van der Waals surface area contributed by atoms with Crippen LogP contribution >= 0.6 is 11.3 Å². The normalized spacial score (nSPS) is 26.2. The number of hydrogen-bond acceptors (Lipinski definition) is 5. The second-order valence-electron chi connectivity index (χ2n) is 6.28. The van der Waals surface area contributed by atoms with Crippen molar-refractivity contribution in [2.24, 2.45) is 0 Å². The Morgan fingerprint density at radius 2 is 2.38 bits per heavy atom. The van der Waals surface area contributed by atoms with Gasteiger partial charge >= 0.3 is 0 Å².